The predicted octanol–water partition coefficient (Wildman–Crippen LogP) is 1.14. The topological polar surface area (TPSA) is 26.3 Å². The van der Waals surface area contributed by atoms with Crippen molar-refractivity contribution in [1.82, 2.24) is 0 Å². The Hall–Kier alpha value is -0.119. The zero-order valence-corrected chi connectivity index (χ0v) is 15.1. The fourth-order valence-corrected chi connectivity index (χ4v) is 2.88. The molecule has 8 heteroatoms. The number of hydrogen-bond donors (Lipinski definition) is 0. The van der Waals surface area contributed by atoms with Crippen LogP contribution < -0.4 is 56.1 Å². The van der Waals surface area contributed by atoms with Crippen LogP contribution in [0, 0.1) is 0 Å². The van der Waals surface area contributed by atoms with E-state index in [1.54, 1.807) is 12.1 Å². The van der Waals surface area contributed by atoms with Crippen molar-refractivity contribution in [3.05, 3.63) is 41.3 Å². The number of thiophene rings is 1. The minimum Gasteiger partial charge on any atom is -0.517 e. The summed E-state index contributed by atoms with van der Waals surface area (Å²) in [6.07, 6.45) is -0.635. The van der Waals surface area contributed by atoms with Crippen molar-refractivity contribution in [2.75, 3.05) is 0 Å². The van der Waals surface area contributed by atoms with Crippen LogP contribution >= 0.6 is 11.3 Å². The summed E-state index contributed by atoms with van der Waals surface area (Å²) in [6, 6.07) is 6.49. The van der Waals surface area contributed by atoms with Gasteiger partial charge in [0.25, 0.3) is 0 Å². The molecule has 2 aromatic rings. The standard InChI is InChI=1S/C13H9BF3O2S.K/c15-14(16,17)13-7-10(18)9-6-8(3-4-11(9)19-13)12-2-1-5-20-12;/h1-6,13H,7H2;/q-1;+1. The van der Waals surface area contributed by atoms with Gasteiger partial charge in [-0.05, 0) is 35.2 Å². The fourth-order valence-electron chi connectivity index (χ4n) is 2.15. The van der Waals surface area contributed by atoms with Gasteiger partial charge in [0.05, 0.1) is 11.6 Å². The first-order valence-electron chi connectivity index (χ1n) is 6.03. The largest absolute Gasteiger partial charge is 1.00 e. The molecule has 2 nitrogen and oxygen atoms in total. The van der Waals surface area contributed by atoms with E-state index in [9.17, 15) is 17.7 Å². The van der Waals surface area contributed by atoms with E-state index >= 15 is 0 Å². The van der Waals surface area contributed by atoms with Crippen molar-refractivity contribution in [2.45, 2.75) is 12.4 Å². The van der Waals surface area contributed by atoms with Crippen LogP contribution in [0.15, 0.2) is 35.7 Å². The molecule has 0 radical (unpaired) electrons. The Morgan fingerprint density at radius 1 is 1.24 bits per heavy atom. The molecule has 0 amide bonds. The number of hydrogen-bond acceptors (Lipinski definition) is 3. The van der Waals surface area contributed by atoms with E-state index in [4.69, 9.17) is 4.74 Å². The van der Waals surface area contributed by atoms with Gasteiger partial charge in [0.1, 0.15) is 5.75 Å². The average molecular weight is 336 g/mol. The van der Waals surface area contributed by atoms with Crippen LogP contribution in [0.1, 0.15) is 16.8 Å². The zero-order valence-electron chi connectivity index (χ0n) is 11.2. The molecule has 3 rings (SSSR count). The van der Waals surface area contributed by atoms with Crippen molar-refractivity contribution in [3.8, 4) is 16.2 Å². The molecule has 0 saturated heterocycles. The predicted molar refractivity (Wildman–Crippen MR) is 72.2 cm³/mol. The van der Waals surface area contributed by atoms with E-state index in [0.29, 0.717) is 0 Å². The van der Waals surface area contributed by atoms with Gasteiger partial charge in [0.2, 0.25) is 0 Å². The number of halogens is 3. The molecule has 0 spiro atoms. The van der Waals surface area contributed by atoms with E-state index in [1.807, 2.05) is 17.5 Å². The molecule has 0 saturated carbocycles. The first-order valence-corrected chi connectivity index (χ1v) is 6.91. The monoisotopic (exact) mass is 336 g/mol. The fraction of sp³-hybridized carbons (Fsp3) is 0.154. The second-order valence-corrected chi connectivity index (χ2v) is 5.54. The van der Waals surface area contributed by atoms with Gasteiger partial charge in [0.15, 0.2) is 5.78 Å². The van der Waals surface area contributed by atoms with Crippen molar-refractivity contribution in [3.63, 3.8) is 0 Å². The van der Waals surface area contributed by atoms with Gasteiger partial charge in [-0.25, -0.2) is 0 Å². The van der Waals surface area contributed by atoms with Crippen LogP contribution in [0.25, 0.3) is 10.4 Å². The van der Waals surface area contributed by atoms with Crippen LogP contribution in [-0.2, 0) is 0 Å². The first-order chi connectivity index (χ1) is 9.45. The number of ether oxygens (including phenoxy) is 1. The SMILES string of the molecule is O=C1CC([B-](F)(F)F)Oc2ccc(-c3cccs3)cc21.[K+]. The molecule has 21 heavy (non-hydrogen) atoms. The van der Waals surface area contributed by atoms with Crippen molar-refractivity contribution in [2.24, 2.45) is 0 Å². The summed E-state index contributed by atoms with van der Waals surface area (Å²) in [5.41, 5.74) is 1.04. The molecule has 0 bridgehead atoms. The maximum Gasteiger partial charge on any atom is 1.00 e. The molecule has 1 aliphatic heterocycles. The molecule has 0 fully saturated rings. The third kappa shape index (κ3) is 3.62. The number of benzene rings is 1. The summed E-state index contributed by atoms with van der Waals surface area (Å²) in [5.74, 6) is -0.500. The summed E-state index contributed by atoms with van der Waals surface area (Å²) in [5, 5.41) is 1.90. The van der Waals surface area contributed by atoms with Crippen LogP contribution in [0.4, 0.5) is 12.9 Å². The summed E-state index contributed by atoms with van der Waals surface area (Å²) >= 11 is 1.50. The number of fused-ring (bicyclic) bond motifs is 1. The molecule has 0 N–H and O–H groups in total. The Morgan fingerprint density at radius 2 is 2.00 bits per heavy atom. The maximum absolute atomic E-state index is 12.7. The van der Waals surface area contributed by atoms with Crippen LogP contribution in [0.2, 0.25) is 0 Å². The Bertz CT molecular complexity index is 658. The summed E-state index contributed by atoms with van der Waals surface area (Å²) in [6.45, 7) is -5.18. The van der Waals surface area contributed by atoms with Crippen molar-refractivity contribution >= 4 is 24.1 Å². The minimum atomic E-state index is -5.18. The molecule has 1 unspecified atom stereocenters. The molecule has 1 aliphatic rings. The normalized spacial score (nSPS) is 17.7. The summed E-state index contributed by atoms with van der Waals surface area (Å²) < 4.78 is 43.0. The maximum atomic E-state index is 12.7. The molecule has 0 aliphatic carbocycles. The van der Waals surface area contributed by atoms with Crippen LogP contribution in [0.5, 0.6) is 5.75 Å². The van der Waals surface area contributed by atoms with Gasteiger partial charge >= 0.3 is 58.4 Å². The summed E-state index contributed by atoms with van der Waals surface area (Å²) in [4.78, 5) is 12.9. The zero-order chi connectivity index (χ0) is 14.3. The third-order valence-corrected chi connectivity index (χ3v) is 4.09. The second-order valence-electron chi connectivity index (χ2n) is 4.60. The van der Waals surface area contributed by atoms with E-state index in [0.717, 1.165) is 10.4 Å². The first kappa shape index (κ1) is 17.2. The number of Topliss-reactive ketones (excluding diaryl/α,β-unsaturated/α-hetero) is 1. The van der Waals surface area contributed by atoms with Gasteiger partial charge in [-0.15, -0.1) is 11.3 Å². The van der Waals surface area contributed by atoms with E-state index in [2.05, 4.69) is 0 Å². The van der Waals surface area contributed by atoms with E-state index < -0.39 is 25.2 Å². The van der Waals surface area contributed by atoms with Gasteiger partial charge in [-0.3, -0.25) is 4.79 Å². The van der Waals surface area contributed by atoms with Gasteiger partial charge < -0.3 is 17.7 Å². The number of rotatable bonds is 2. The molecular formula is C13H9BF3KO2S. The Labute approximate surface area is 166 Å². The van der Waals surface area contributed by atoms with Gasteiger partial charge in [-0.1, -0.05) is 6.07 Å². The Kier molecular flexibility index (Phi) is 5.38. The average Bonchev–Trinajstić information content (AvgIpc) is 2.91. The quantitative estimate of drug-likeness (QED) is 0.769. The Morgan fingerprint density at radius 3 is 2.62 bits per heavy atom. The molecule has 1 atom stereocenters. The third-order valence-electron chi connectivity index (χ3n) is 3.17. The molecular weight excluding hydrogens is 327 g/mol. The van der Waals surface area contributed by atoms with Gasteiger partial charge in [0, 0.05) is 11.3 Å². The number of carbonyl (C=O) groups is 1. The second kappa shape index (κ2) is 6.56. The van der Waals surface area contributed by atoms with Crippen LogP contribution in [-0.4, -0.2) is 18.8 Å². The molecule has 2 heterocycles. The molecule has 104 valence electrons. The minimum absolute atomic E-state index is 0. The van der Waals surface area contributed by atoms with Crippen LogP contribution in [0.3, 0.4) is 0 Å². The van der Waals surface area contributed by atoms with Gasteiger partial charge in [-0.2, -0.15) is 0 Å². The summed E-state index contributed by atoms with van der Waals surface area (Å²) in [7, 11) is 0. The molecule has 1 aromatic heterocycles. The number of ketones is 1. The Balaban J connectivity index is 0.00000161. The van der Waals surface area contributed by atoms with Crippen molar-refractivity contribution in [1.29, 1.82) is 0 Å². The van der Waals surface area contributed by atoms with Crippen molar-refractivity contribution < 1.29 is 73.9 Å². The molecule has 1 aromatic carbocycles. The number of carbonyl (C=O) groups excluding carboxylic acids is 1. The van der Waals surface area contributed by atoms with E-state index in [-0.39, 0.29) is 62.7 Å². The smallest absolute Gasteiger partial charge is 0.517 e. The van der Waals surface area contributed by atoms with E-state index in [1.165, 1.54) is 17.4 Å².